The molecule has 0 aliphatic carbocycles. The lowest BCUT2D eigenvalue weighted by Crippen LogP contribution is -2.17. The second kappa shape index (κ2) is 7.76. The normalized spacial score (nSPS) is 16.4. The van der Waals surface area contributed by atoms with E-state index in [2.05, 4.69) is 5.32 Å². The van der Waals surface area contributed by atoms with Crippen LogP contribution in [0.4, 0.5) is 11.4 Å². The Morgan fingerprint density at radius 2 is 2.12 bits per heavy atom. The van der Waals surface area contributed by atoms with E-state index in [0.717, 1.165) is 19.4 Å². The Bertz CT molecular complexity index is 772. The highest BCUT2D eigenvalue weighted by Gasteiger charge is 2.16. The van der Waals surface area contributed by atoms with Crippen LogP contribution in [0.2, 0.25) is 0 Å². The number of nitro groups is 1. The standard InChI is InChI=1S/C18H18N2O5/c21-18(19-14-5-2-6-15(11-14)20(22)23)13-4-1-7-16(10-13)25-12-17-8-3-9-24-17/h1-2,4-7,10-11,17H,3,8-9,12H2,(H,19,21). The summed E-state index contributed by atoms with van der Waals surface area (Å²) in [5, 5.41) is 13.5. The van der Waals surface area contributed by atoms with Crippen molar-refractivity contribution in [3.63, 3.8) is 0 Å². The number of rotatable bonds is 6. The van der Waals surface area contributed by atoms with Gasteiger partial charge in [0.2, 0.25) is 0 Å². The molecule has 1 saturated heterocycles. The van der Waals surface area contributed by atoms with Gasteiger partial charge in [0.05, 0.1) is 11.0 Å². The number of benzene rings is 2. The maximum absolute atomic E-state index is 12.3. The van der Waals surface area contributed by atoms with Crippen molar-refractivity contribution in [1.29, 1.82) is 0 Å². The fourth-order valence-electron chi connectivity index (χ4n) is 2.59. The summed E-state index contributed by atoms with van der Waals surface area (Å²) in [7, 11) is 0. The zero-order valence-electron chi connectivity index (χ0n) is 13.5. The molecule has 0 saturated carbocycles. The van der Waals surface area contributed by atoms with Gasteiger partial charge in [-0.05, 0) is 37.1 Å². The van der Waals surface area contributed by atoms with Crippen molar-refractivity contribution in [2.75, 3.05) is 18.5 Å². The molecule has 1 unspecified atom stereocenters. The molecule has 0 aromatic heterocycles. The van der Waals surface area contributed by atoms with E-state index in [1.54, 1.807) is 30.3 Å². The van der Waals surface area contributed by atoms with Gasteiger partial charge >= 0.3 is 0 Å². The topological polar surface area (TPSA) is 90.7 Å². The Labute approximate surface area is 144 Å². The fraction of sp³-hybridized carbons (Fsp3) is 0.278. The van der Waals surface area contributed by atoms with Crippen LogP contribution in [0.3, 0.4) is 0 Å². The average molecular weight is 342 g/mol. The molecule has 7 nitrogen and oxygen atoms in total. The highest BCUT2D eigenvalue weighted by molar-refractivity contribution is 6.04. The van der Waals surface area contributed by atoms with E-state index in [-0.39, 0.29) is 17.7 Å². The number of hydrogen-bond acceptors (Lipinski definition) is 5. The molecule has 25 heavy (non-hydrogen) atoms. The highest BCUT2D eigenvalue weighted by atomic mass is 16.6. The second-order valence-corrected chi connectivity index (χ2v) is 5.74. The fourth-order valence-corrected chi connectivity index (χ4v) is 2.59. The summed E-state index contributed by atoms with van der Waals surface area (Å²) < 4.78 is 11.2. The van der Waals surface area contributed by atoms with Gasteiger partial charge in [-0.2, -0.15) is 0 Å². The minimum Gasteiger partial charge on any atom is -0.491 e. The predicted octanol–water partition coefficient (Wildman–Crippen LogP) is 3.40. The number of carbonyl (C=O) groups excluding carboxylic acids is 1. The molecule has 1 N–H and O–H groups in total. The molecule has 2 aromatic rings. The smallest absolute Gasteiger partial charge is 0.271 e. The van der Waals surface area contributed by atoms with E-state index < -0.39 is 4.92 Å². The van der Waals surface area contributed by atoms with Crippen molar-refractivity contribution in [3.8, 4) is 5.75 Å². The number of nitrogens with zero attached hydrogens (tertiary/aromatic N) is 1. The number of nitrogens with one attached hydrogen (secondary N) is 1. The van der Waals surface area contributed by atoms with Crippen molar-refractivity contribution in [2.24, 2.45) is 0 Å². The van der Waals surface area contributed by atoms with Crippen molar-refractivity contribution < 1.29 is 19.2 Å². The van der Waals surface area contributed by atoms with Gasteiger partial charge in [0.15, 0.2) is 0 Å². The van der Waals surface area contributed by atoms with Gasteiger partial charge in [-0.25, -0.2) is 0 Å². The first-order chi connectivity index (χ1) is 12.1. The zero-order valence-corrected chi connectivity index (χ0v) is 13.5. The molecule has 1 heterocycles. The predicted molar refractivity (Wildman–Crippen MR) is 92.0 cm³/mol. The van der Waals surface area contributed by atoms with Crippen LogP contribution >= 0.6 is 0 Å². The molecule has 0 spiro atoms. The van der Waals surface area contributed by atoms with Crippen LogP contribution in [0.5, 0.6) is 5.75 Å². The molecule has 1 fully saturated rings. The van der Waals surface area contributed by atoms with E-state index in [4.69, 9.17) is 9.47 Å². The summed E-state index contributed by atoms with van der Waals surface area (Å²) in [6.07, 6.45) is 2.12. The Hall–Kier alpha value is -2.93. The molecule has 3 rings (SSSR count). The number of anilines is 1. The highest BCUT2D eigenvalue weighted by Crippen LogP contribution is 2.20. The van der Waals surface area contributed by atoms with E-state index in [9.17, 15) is 14.9 Å². The summed E-state index contributed by atoms with van der Waals surface area (Å²) in [6, 6.07) is 12.6. The summed E-state index contributed by atoms with van der Waals surface area (Å²) in [4.78, 5) is 22.6. The molecular formula is C18H18N2O5. The summed E-state index contributed by atoms with van der Waals surface area (Å²) >= 11 is 0. The van der Waals surface area contributed by atoms with Crippen LogP contribution in [0, 0.1) is 10.1 Å². The molecular weight excluding hydrogens is 324 g/mol. The number of hydrogen-bond donors (Lipinski definition) is 1. The van der Waals surface area contributed by atoms with Crippen LogP contribution in [0.15, 0.2) is 48.5 Å². The lowest BCUT2D eigenvalue weighted by molar-refractivity contribution is -0.384. The maximum atomic E-state index is 12.3. The minimum atomic E-state index is -0.505. The molecule has 0 bridgehead atoms. The molecule has 1 amide bonds. The second-order valence-electron chi connectivity index (χ2n) is 5.74. The van der Waals surface area contributed by atoms with Gasteiger partial charge in [-0.1, -0.05) is 12.1 Å². The van der Waals surface area contributed by atoms with E-state index in [0.29, 0.717) is 23.6 Å². The van der Waals surface area contributed by atoms with Gasteiger partial charge in [0.1, 0.15) is 12.4 Å². The van der Waals surface area contributed by atoms with Crippen LogP contribution in [0.25, 0.3) is 0 Å². The van der Waals surface area contributed by atoms with Gasteiger partial charge in [-0.3, -0.25) is 14.9 Å². The van der Waals surface area contributed by atoms with Gasteiger partial charge < -0.3 is 14.8 Å². The quantitative estimate of drug-likeness (QED) is 0.642. The van der Waals surface area contributed by atoms with Crippen molar-refractivity contribution in [3.05, 3.63) is 64.2 Å². The molecule has 1 aliphatic rings. The summed E-state index contributed by atoms with van der Waals surface area (Å²) in [6.45, 7) is 1.22. The van der Waals surface area contributed by atoms with Crippen LogP contribution < -0.4 is 10.1 Å². The zero-order chi connectivity index (χ0) is 17.6. The van der Waals surface area contributed by atoms with E-state index >= 15 is 0 Å². The third kappa shape index (κ3) is 4.54. The SMILES string of the molecule is O=C(Nc1cccc([N+](=O)[O-])c1)c1cccc(OCC2CCCO2)c1. The average Bonchev–Trinajstić information content (AvgIpc) is 3.14. The summed E-state index contributed by atoms with van der Waals surface area (Å²) in [5.74, 6) is 0.227. The van der Waals surface area contributed by atoms with Gasteiger partial charge in [0, 0.05) is 30.0 Å². The third-order valence-corrected chi connectivity index (χ3v) is 3.87. The first kappa shape index (κ1) is 16.9. The molecule has 2 aromatic carbocycles. The summed E-state index contributed by atoms with van der Waals surface area (Å²) in [5.41, 5.74) is 0.702. The Balaban J connectivity index is 1.64. The monoisotopic (exact) mass is 342 g/mol. The first-order valence-corrected chi connectivity index (χ1v) is 8.02. The first-order valence-electron chi connectivity index (χ1n) is 8.02. The molecule has 0 radical (unpaired) electrons. The van der Waals surface area contributed by atoms with E-state index in [1.807, 2.05) is 0 Å². The minimum absolute atomic E-state index is 0.0774. The Morgan fingerprint density at radius 1 is 1.28 bits per heavy atom. The number of non-ortho nitro benzene ring substituents is 1. The molecule has 7 heteroatoms. The lowest BCUT2D eigenvalue weighted by atomic mass is 10.2. The van der Waals surface area contributed by atoms with Crippen molar-refractivity contribution in [2.45, 2.75) is 18.9 Å². The molecule has 1 atom stereocenters. The Morgan fingerprint density at radius 3 is 2.88 bits per heavy atom. The van der Waals surface area contributed by atoms with Crippen molar-refractivity contribution >= 4 is 17.3 Å². The maximum Gasteiger partial charge on any atom is 0.271 e. The molecule has 1 aliphatic heterocycles. The van der Waals surface area contributed by atoms with Crippen LogP contribution in [-0.2, 0) is 4.74 Å². The van der Waals surface area contributed by atoms with Gasteiger partial charge in [0.25, 0.3) is 11.6 Å². The molecule has 130 valence electrons. The largest absolute Gasteiger partial charge is 0.491 e. The lowest BCUT2D eigenvalue weighted by Gasteiger charge is -2.12. The van der Waals surface area contributed by atoms with Crippen LogP contribution in [-0.4, -0.2) is 30.1 Å². The third-order valence-electron chi connectivity index (χ3n) is 3.87. The van der Waals surface area contributed by atoms with Gasteiger partial charge in [-0.15, -0.1) is 0 Å². The number of amides is 1. The van der Waals surface area contributed by atoms with Crippen molar-refractivity contribution in [1.82, 2.24) is 0 Å². The van der Waals surface area contributed by atoms with Crippen LogP contribution in [0.1, 0.15) is 23.2 Å². The number of ether oxygens (including phenoxy) is 2. The van der Waals surface area contributed by atoms with E-state index in [1.165, 1.54) is 18.2 Å². The number of carbonyl (C=O) groups is 1. The Kier molecular flexibility index (Phi) is 5.25. The number of nitro benzene ring substituents is 1.